The summed E-state index contributed by atoms with van der Waals surface area (Å²) < 4.78 is 33.5. The smallest absolute Gasteiger partial charge is 0.462 e. The third-order valence-electron chi connectivity index (χ3n) is 10.2. The Kier molecular flexibility index (Phi) is 35.3. The van der Waals surface area contributed by atoms with E-state index in [-0.39, 0.29) is 12.8 Å². The largest absolute Gasteiger partial charge is 0.472 e. The molecule has 14 heteroatoms. The molecule has 360 valence electrons. The van der Waals surface area contributed by atoms with Gasteiger partial charge >= 0.3 is 19.8 Å². The number of carbonyl (C=O) groups is 2. The molecule has 0 aromatic heterocycles. The van der Waals surface area contributed by atoms with Gasteiger partial charge in [0, 0.05) is 12.8 Å². The topological polar surface area (TPSA) is 210 Å². The van der Waals surface area contributed by atoms with Crippen LogP contribution in [0.4, 0.5) is 0 Å². The van der Waals surface area contributed by atoms with Crippen molar-refractivity contribution in [3.05, 3.63) is 85.1 Å². The first kappa shape index (κ1) is 58.0. The summed E-state index contributed by atoms with van der Waals surface area (Å²) in [4.78, 5) is 35.7. The molecule has 13 nitrogen and oxygen atoms in total. The number of rotatable bonds is 37. The van der Waals surface area contributed by atoms with Crippen molar-refractivity contribution in [3.8, 4) is 0 Å². The van der Waals surface area contributed by atoms with E-state index in [0.29, 0.717) is 19.3 Å². The van der Waals surface area contributed by atoms with Gasteiger partial charge in [0.2, 0.25) is 0 Å². The van der Waals surface area contributed by atoms with Gasteiger partial charge in [0.15, 0.2) is 6.10 Å². The highest BCUT2D eigenvalue weighted by molar-refractivity contribution is 7.47. The molecule has 1 rings (SSSR count). The Labute approximate surface area is 378 Å². The van der Waals surface area contributed by atoms with Crippen LogP contribution in [-0.2, 0) is 32.7 Å². The van der Waals surface area contributed by atoms with Crippen molar-refractivity contribution in [1.82, 2.24) is 0 Å². The van der Waals surface area contributed by atoms with Crippen molar-refractivity contribution in [2.24, 2.45) is 0 Å². The molecular formula is C49H81O13P. The van der Waals surface area contributed by atoms with Crippen LogP contribution >= 0.6 is 7.82 Å². The average Bonchev–Trinajstić information content (AvgIpc) is 3.26. The number of carbonyl (C=O) groups excluding carboxylic acids is 2. The predicted octanol–water partition coefficient (Wildman–Crippen LogP) is 9.28. The maximum atomic E-state index is 12.8. The van der Waals surface area contributed by atoms with Crippen molar-refractivity contribution >= 4 is 19.8 Å². The maximum absolute atomic E-state index is 12.8. The molecule has 0 aromatic rings. The summed E-state index contributed by atoms with van der Waals surface area (Å²) in [6.07, 6.45) is 36.3. The molecule has 6 atom stereocenters. The van der Waals surface area contributed by atoms with Crippen LogP contribution in [-0.4, -0.2) is 98.3 Å². The Morgan fingerprint density at radius 2 is 0.905 bits per heavy atom. The molecular weight excluding hydrogens is 828 g/mol. The molecule has 0 radical (unpaired) electrons. The Morgan fingerprint density at radius 3 is 1.41 bits per heavy atom. The lowest BCUT2D eigenvalue weighted by Crippen LogP contribution is -2.64. The van der Waals surface area contributed by atoms with Crippen LogP contribution in [0.15, 0.2) is 85.1 Å². The van der Waals surface area contributed by atoms with E-state index in [9.17, 15) is 44.6 Å². The second kappa shape index (κ2) is 38.3. The number of phosphoric acid groups is 1. The first-order valence-electron chi connectivity index (χ1n) is 23.4. The number of aliphatic hydroxyl groups excluding tert-OH is 5. The number of hydrogen-bond donors (Lipinski definition) is 6. The van der Waals surface area contributed by atoms with Crippen molar-refractivity contribution < 1.29 is 63.1 Å². The fourth-order valence-electron chi connectivity index (χ4n) is 6.46. The fourth-order valence-corrected chi connectivity index (χ4v) is 7.43. The predicted molar refractivity (Wildman–Crippen MR) is 248 cm³/mol. The van der Waals surface area contributed by atoms with Gasteiger partial charge in [0.05, 0.1) is 6.61 Å². The highest BCUT2D eigenvalue weighted by atomic mass is 31.2. The zero-order chi connectivity index (χ0) is 46.4. The van der Waals surface area contributed by atoms with E-state index < -0.39 is 75.7 Å². The Hall–Kier alpha value is -2.97. The molecule has 1 fully saturated rings. The van der Waals surface area contributed by atoms with E-state index in [0.717, 1.165) is 89.9 Å². The van der Waals surface area contributed by atoms with Crippen LogP contribution < -0.4 is 0 Å². The van der Waals surface area contributed by atoms with Gasteiger partial charge in [0.25, 0.3) is 0 Å². The Balaban J connectivity index is 2.49. The molecule has 1 saturated carbocycles. The van der Waals surface area contributed by atoms with Gasteiger partial charge in [-0.05, 0) is 89.9 Å². The van der Waals surface area contributed by atoms with Gasteiger partial charge in [-0.1, -0.05) is 137 Å². The number of esters is 2. The molecule has 0 aliphatic heterocycles. The van der Waals surface area contributed by atoms with E-state index in [4.69, 9.17) is 18.5 Å². The van der Waals surface area contributed by atoms with Crippen LogP contribution in [0.1, 0.15) is 155 Å². The van der Waals surface area contributed by atoms with Gasteiger partial charge < -0.3 is 39.9 Å². The van der Waals surface area contributed by atoms with E-state index in [1.165, 1.54) is 19.3 Å². The van der Waals surface area contributed by atoms with Crippen molar-refractivity contribution in [2.75, 3.05) is 13.2 Å². The highest BCUT2D eigenvalue weighted by Crippen LogP contribution is 2.47. The highest BCUT2D eigenvalue weighted by Gasteiger charge is 2.51. The third kappa shape index (κ3) is 30.7. The summed E-state index contributed by atoms with van der Waals surface area (Å²) in [6, 6.07) is 0. The van der Waals surface area contributed by atoms with E-state index in [2.05, 4.69) is 92.8 Å². The van der Waals surface area contributed by atoms with E-state index in [1.807, 2.05) is 6.08 Å². The summed E-state index contributed by atoms with van der Waals surface area (Å²) in [6.45, 7) is 3.10. The number of allylic oxidation sites excluding steroid dienone is 14. The zero-order valence-corrected chi connectivity index (χ0v) is 39.0. The standard InChI is InChI=1S/C49H81O13P/c1-3-5-7-9-11-13-15-17-19-20-21-22-24-25-27-29-31-33-35-37-42(50)59-39-41(40-60-63(57,58)62-49-47(55)45(53)44(52)46(54)48(49)56)61-43(51)38-36-34-32-30-28-26-23-18-16-14-12-10-8-6-4-2/h6,8,11-14,17-19,21-23,28,30,41,44-49,52-56H,3-5,7,9-10,15-16,20,24-27,29,31-40H2,1-2H3,(H,57,58)/b8-6-,13-11-,14-12-,19-17-,22-21-,23-18-,30-28-. The zero-order valence-electron chi connectivity index (χ0n) is 38.1. The first-order valence-corrected chi connectivity index (χ1v) is 24.9. The van der Waals surface area contributed by atoms with Crippen LogP contribution in [0.5, 0.6) is 0 Å². The lowest BCUT2D eigenvalue weighted by Gasteiger charge is -2.41. The normalized spacial score (nSPS) is 22.5. The Bertz CT molecular complexity index is 1420. The van der Waals surface area contributed by atoms with Gasteiger partial charge in [-0.3, -0.25) is 18.6 Å². The molecule has 0 saturated heterocycles. The lowest BCUT2D eigenvalue weighted by molar-refractivity contribution is -0.220. The number of phosphoric ester groups is 1. The van der Waals surface area contributed by atoms with E-state index in [1.54, 1.807) is 0 Å². The van der Waals surface area contributed by atoms with Crippen molar-refractivity contribution in [1.29, 1.82) is 0 Å². The summed E-state index contributed by atoms with van der Waals surface area (Å²) in [5.74, 6) is -1.17. The monoisotopic (exact) mass is 909 g/mol. The number of hydrogen-bond acceptors (Lipinski definition) is 12. The molecule has 0 amide bonds. The Morgan fingerprint density at radius 1 is 0.508 bits per heavy atom. The van der Waals surface area contributed by atoms with Gasteiger partial charge in [-0.2, -0.15) is 0 Å². The number of aliphatic hydroxyl groups is 5. The number of ether oxygens (including phenoxy) is 2. The first-order chi connectivity index (χ1) is 30.4. The molecule has 6 unspecified atom stereocenters. The van der Waals surface area contributed by atoms with Gasteiger partial charge in [-0.15, -0.1) is 0 Å². The van der Waals surface area contributed by atoms with Crippen molar-refractivity contribution in [3.63, 3.8) is 0 Å². The van der Waals surface area contributed by atoms with Crippen molar-refractivity contribution in [2.45, 2.75) is 198 Å². The molecule has 0 spiro atoms. The van der Waals surface area contributed by atoms with Crippen LogP contribution in [0.3, 0.4) is 0 Å². The summed E-state index contributed by atoms with van der Waals surface area (Å²) in [5.41, 5.74) is 0. The van der Waals surface area contributed by atoms with E-state index >= 15 is 0 Å². The molecule has 0 heterocycles. The van der Waals surface area contributed by atoms with Crippen LogP contribution in [0.2, 0.25) is 0 Å². The minimum atomic E-state index is -5.14. The second-order valence-corrected chi connectivity index (χ2v) is 17.3. The minimum absolute atomic E-state index is 0.0365. The third-order valence-corrected chi connectivity index (χ3v) is 11.2. The number of unbranched alkanes of at least 4 members (excludes halogenated alkanes) is 11. The van der Waals surface area contributed by atoms with Crippen LogP contribution in [0.25, 0.3) is 0 Å². The molecule has 0 bridgehead atoms. The molecule has 1 aliphatic carbocycles. The van der Waals surface area contributed by atoms with Crippen LogP contribution in [0, 0.1) is 0 Å². The fraction of sp³-hybridized carbons (Fsp3) is 0.673. The lowest BCUT2D eigenvalue weighted by atomic mass is 9.85. The summed E-state index contributed by atoms with van der Waals surface area (Å²) >= 11 is 0. The molecule has 1 aliphatic rings. The molecule has 0 aromatic carbocycles. The summed E-state index contributed by atoms with van der Waals surface area (Å²) in [5, 5.41) is 50.2. The molecule has 63 heavy (non-hydrogen) atoms. The van der Waals surface area contributed by atoms with Gasteiger partial charge in [-0.25, -0.2) is 4.57 Å². The summed E-state index contributed by atoms with van der Waals surface area (Å²) in [7, 11) is -5.14. The minimum Gasteiger partial charge on any atom is -0.462 e. The quantitative estimate of drug-likeness (QED) is 0.0149. The SMILES string of the molecule is CC/C=C\C/C=C\C/C=C\C/C=C\CCCCC(=O)OC(COC(=O)CCCCCCCC/C=C\C/C=C\C/C=C\CCCCC)COP(=O)(O)OC1C(O)C(O)C(O)C(O)C1O. The average molecular weight is 909 g/mol. The second-order valence-electron chi connectivity index (χ2n) is 15.9. The maximum Gasteiger partial charge on any atom is 0.472 e. The van der Waals surface area contributed by atoms with Gasteiger partial charge in [0.1, 0.15) is 43.2 Å². The molecule has 6 N–H and O–H groups in total.